The van der Waals surface area contributed by atoms with E-state index in [0.717, 1.165) is 23.9 Å². The van der Waals surface area contributed by atoms with Crippen LogP contribution in [0.5, 0.6) is 0 Å². The first-order valence-corrected chi connectivity index (χ1v) is 13.0. The summed E-state index contributed by atoms with van der Waals surface area (Å²) >= 11 is 0. The molecule has 0 fully saturated rings. The van der Waals surface area contributed by atoms with Gasteiger partial charge in [-0.2, -0.15) is 0 Å². The molecule has 2 heteroatoms. The maximum absolute atomic E-state index is 2.45. The topological polar surface area (TPSA) is 0 Å². The Morgan fingerprint density at radius 2 is 1.04 bits per heavy atom. The van der Waals surface area contributed by atoms with E-state index in [9.17, 15) is 0 Å². The van der Waals surface area contributed by atoms with E-state index in [4.69, 9.17) is 0 Å². The molecule has 0 aliphatic heterocycles. The van der Waals surface area contributed by atoms with Crippen LogP contribution in [0.3, 0.4) is 0 Å². The summed E-state index contributed by atoms with van der Waals surface area (Å²) < 4.78 is 1.36. The SMILES string of the molecule is CCCCCCCCCCCCC(CC[N+]([SiH3])(C(C)C)C(C)C)C(C)C. The predicted molar refractivity (Wildman–Crippen MR) is 125 cm³/mol. The maximum Gasteiger partial charge on any atom is 0.239 e. The van der Waals surface area contributed by atoms with Crippen LogP contribution in [0.4, 0.5) is 0 Å². The largest absolute Gasteiger partial charge is 0.386 e. The summed E-state index contributed by atoms with van der Waals surface area (Å²) in [6, 6.07) is 1.57. The molecule has 0 aromatic heterocycles. The van der Waals surface area contributed by atoms with Gasteiger partial charge in [-0.3, -0.25) is 0 Å². The third kappa shape index (κ3) is 11.1. The number of rotatable bonds is 17. The van der Waals surface area contributed by atoms with Gasteiger partial charge in [0, 0.05) is 0 Å². The van der Waals surface area contributed by atoms with Gasteiger partial charge in [-0.1, -0.05) is 85.0 Å². The molecule has 0 spiro atoms. The highest BCUT2D eigenvalue weighted by molar-refractivity contribution is 5.97. The minimum absolute atomic E-state index is 0.784. The van der Waals surface area contributed by atoms with E-state index in [1.165, 1.54) is 98.1 Å². The molecule has 0 heterocycles. The van der Waals surface area contributed by atoms with Crippen LogP contribution < -0.4 is 0 Å². The van der Waals surface area contributed by atoms with E-state index in [1.54, 1.807) is 0 Å². The monoisotopic (exact) mass is 384 g/mol. The highest BCUT2D eigenvalue weighted by Crippen LogP contribution is 2.26. The Hall–Kier alpha value is 0.177. The molecule has 1 unspecified atom stereocenters. The summed E-state index contributed by atoms with van der Waals surface area (Å²) in [5.41, 5.74) is 0. The van der Waals surface area contributed by atoms with Gasteiger partial charge in [0.1, 0.15) is 0 Å². The van der Waals surface area contributed by atoms with Gasteiger partial charge in [0.05, 0.1) is 18.6 Å². The first-order valence-electron chi connectivity index (χ1n) is 12.1. The van der Waals surface area contributed by atoms with Crippen LogP contribution in [0.15, 0.2) is 0 Å². The van der Waals surface area contributed by atoms with Crippen LogP contribution in [-0.2, 0) is 0 Å². The molecule has 0 bridgehead atoms. The Morgan fingerprint density at radius 1 is 0.615 bits per heavy atom. The summed E-state index contributed by atoms with van der Waals surface area (Å²) in [7, 11) is 1.28. The van der Waals surface area contributed by atoms with E-state index < -0.39 is 0 Å². The molecule has 0 rings (SSSR count). The summed E-state index contributed by atoms with van der Waals surface area (Å²) in [6.45, 7) is 18.3. The number of nitrogens with zero attached hydrogens (tertiary/aromatic N) is 1. The Kier molecular flexibility index (Phi) is 15.2. The fourth-order valence-corrected chi connectivity index (χ4v) is 4.52. The van der Waals surface area contributed by atoms with Crippen molar-refractivity contribution in [1.82, 2.24) is 0 Å². The van der Waals surface area contributed by atoms with Crippen LogP contribution in [0.1, 0.15) is 126 Å². The van der Waals surface area contributed by atoms with Crippen molar-refractivity contribution in [1.29, 1.82) is 0 Å². The molecule has 1 nitrogen and oxygen atoms in total. The number of quaternary nitrogens is 1. The van der Waals surface area contributed by atoms with Crippen LogP contribution in [0.2, 0.25) is 0 Å². The Balaban J connectivity index is 3.97. The molecule has 0 N–H and O–H groups in total. The number of unbranched alkanes of at least 4 members (excludes halogenated alkanes) is 9. The Morgan fingerprint density at radius 3 is 1.42 bits per heavy atom. The van der Waals surface area contributed by atoms with E-state index in [1.807, 2.05) is 0 Å². The highest BCUT2D eigenvalue weighted by Gasteiger charge is 2.29. The Bertz CT molecular complexity index is 303. The summed E-state index contributed by atoms with van der Waals surface area (Å²) in [6.07, 6.45) is 17.4. The summed E-state index contributed by atoms with van der Waals surface area (Å²) in [5, 5.41) is 0. The lowest BCUT2D eigenvalue weighted by Gasteiger charge is -2.45. The van der Waals surface area contributed by atoms with Crippen LogP contribution in [0.25, 0.3) is 0 Å². The minimum atomic E-state index is 0.784. The van der Waals surface area contributed by atoms with Gasteiger partial charge in [-0.05, 0) is 52.4 Å². The zero-order chi connectivity index (χ0) is 20.0. The zero-order valence-corrected chi connectivity index (χ0v) is 21.9. The molecule has 26 heavy (non-hydrogen) atoms. The van der Waals surface area contributed by atoms with E-state index in [2.05, 4.69) is 48.5 Å². The van der Waals surface area contributed by atoms with Crippen molar-refractivity contribution in [2.45, 2.75) is 138 Å². The molecular weight excluding hydrogens is 330 g/mol. The smallest absolute Gasteiger partial charge is 0.239 e. The van der Waals surface area contributed by atoms with Crippen molar-refractivity contribution in [3.8, 4) is 0 Å². The zero-order valence-electron chi connectivity index (χ0n) is 19.9. The van der Waals surface area contributed by atoms with Crippen molar-refractivity contribution in [3.63, 3.8) is 0 Å². The van der Waals surface area contributed by atoms with Crippen molar-refractivity contribution in [2.75, 3.05) is 6.54 Å². The normalized spacial score (nSPS) is 14.1. The van der Waals surface area contributed by atoms with Crippen LogP contribution >= 0.6 is 0 Å². The van der Waals surface area contributed by atoms with Gasteiger partial charge in [-0.15, -0.1) is 0 Å². The molecule has 0 saturated carbocycles. The molecule has 0 aliphatic rings. The van der Waals surface area contributed by atoms with Gasteiger partial charge in [-0.25, -0.2) is 0 Å². The fraction of sp³-hybridized carbons (Fsp3) is 1.00. The van der Waals surface area contributed by atoms with Crippen molar-refractivity contribution in [3.05, 3.63) is 0 Å². The summed E-state index contributed by atoms with van der Waals surface area (Å²) in [5.74, 6) is 1.79. The molecule has 0 aromatic rings. The second-order valence-electron chi connectivity index (χ2n) is 10.0. The molecule has 0 amide bonds. The molecule has 1 atom stereocenters. The Labute approximate surface area is 170 Å². The average molecular weight is 385 g/mol. The first-order chi connectivity index (χ1) is 12.3. The average Bonchev–Trinajstić information content (AvgIpc) is 2.57. The lowest BCUT2D eigenvalue weighted by atomic mass is 9.87. The van der Waals surface area contributed by atoms with E-state index in [-0.39, 0.29) is 0 Å². The van der Waals surface area contributed by atoms with Gasteiger partial charge >= 0.3 is 0 Å². The molecule has 0 aromatic carbocycles. The lowest BCUT2D eigenvalue weighted by Crippen LogP contribution is -2.56. The minimum Gasteiger partial charge on any atom is -0.386 e. The third-order valence-electron chi connectivity index (χ3n) is 7.21. The first kappa shape index (κ1) is 26.2. The van der Waals surface area contributed by atoms with Crippen LogP contribution in [0, 0.1) is 11.8 Å². The van der Waals surface area contributed by atoms with Gasteiger partial charge in [0.25, 0.3) is 0 Å². The van der Waals surface area contributed by atoms with Crippen molar-refractivity contribution >= 4 is 10.4 Å². The van der Waals surface area contributed by atoms with Gasteiger partial charge < -0.3 is 4.15 Å². The molecular formula is C24H54NSi+. The third-order valence-corrected chi connectivity index (χ3v) is 9.73. The van der Waals surface area contributed by atoms with Crippen LogP contribution in [-0.4, -0.2) is 33.2 Å². The molecule has 158 valence electrons. The summed E-state index contributed by atoms with van der Waals surface area (Å²) in [4.78, 5) is 0. The number of hydrogen-bond donors (Lipinski definition) is 0. The van der Waals surface area contributed by atoms with E-state index in [0.29, 0.717) is 0 Å². The quantitative estimate of drug-likeness (QED) is 0.189. The molecule has 0 radical (unpaired) electrons. The van der Waals surface area contributed by atoms with Gasteiger partial charge in [0.2, 0.25) is 10.4 Å². The molecule has 0 aliphatic carbocycles. The second kappa shape index (κ2) is 15.1. The van der Waals surface area contributed by atoms with E-state index >= 15 is 0 Å². The fourth-order valence-electron chi connectivity index (χ4n) is 4.26. The number of hydrogen-bond acceptors (Lipinski definition) is 0. The van der Waals surface area contributed by atoms with Crippen molar-refractivity contribution in [2.24, 2.45) is 11.8 Å². The maximum atomic E-state index is 2.45. The molecule has 0 saturated heterocycles. The van der Waals surface area contributed by atoms with Gasteiger partial charge in [0.15, 0.2) is 0 Å². The predicted octanol–water partition coefficient (Wildman–Crippen LogP) is 6.87. The lowest BCUT2D eigenvalue weighted by molar-refractivity contribution is -0.862. The van der Waals surface area contributed by atoms with Crippen molar-refractivity contribution < 1.29 is 4.15 Å². The second-order valence-corrected chi connectivity index (χ2v) is 11.7. The highest BCUT2D eigenvalue weighted by atomic mass is 28.2. The standard InChI is InChI=1S/C24H54NSi/c1-8-9-10-11-12-13-14-15-16-17-18-24(21(2)3)19-20-25(26,22(4)5)23(6)7/h21-24H,8-20H2,1-7,26H3/q+1.